The first-order chi connectivity index (χ1) is 11.5. The lowest BCUT2D eigenvalue weighted by Gasteiger charge is -2.26. The quantitative estimate of drug-likeness (QED) is 0.795. The molecule has 9 heteroatoms. The highest BCUT2D eigenvalue weighted by Crippen LogP contribution is 2.34. The smallest absolute Gasteiger partial charge is 0.250 e. The second-order valence-electron chi connectivity index (χ2n) is 5.81. The summed E-state index contributed by atoms with van der Waals surface area (Å²) in [4.78, 5) is 3.11. The van der Waals surface area contributed by atoms with Gasteiger partial charge in [0.2, 0.25) is 10.0 Å². The number of nitrogens with zero attached hydrogens (tertiary/aromatic N) is 2. The van der Waals surface area contributed by atoms with Gasteiger partial charge < -0.3 is 9.84 Å². The van der Waals surface area contributed by atoms with Crippen LogP contribution in [0.15, 0.2) is 20.9 Å². The summed E-state index contributed by atoms with van der Waals surface area (Å²) in [7, 11) is -3.48. The molecule has 2 aromatic rings. The van der Waals surface area contributed by atoms with E-state index < -0.39 is 10.0 Å². The molecule has 0 amide bonds. The van der Waals surface area contributed by atoms with E-state index in [1.54, 1.807) is 6.07 Å². The summed E-state index contributed by atoms with van der Waals surface area (Å²) in [6.45, 7) is 8.65. The van der Waals surface area contributed by atoms with Gasteiger partial charge in [0.25, 0.3) is 0 Å². The summed E-state index contributed by atoms with van der Waals surface area (Å²) in [5.74, 6) is 0.699. The van der Waals surface area contributed by atoms with Crippen LogP contribution in [0.3, 0.4) is 0 Å². The molecular weight excluding hydrogens is 348 g/mol. The van der Waals surface area contributed by atoms with Crippen molar-refractivity contribution in [2.75, 3.05) is 39.3 Å². The molecule has 132 valence electrons. The van der Waals surface area contributed by atoms with Crippen LogP contribution in [0, 0.1) is 13.8 Å². The highest BCUT2D eigenvalue weighted by atomic mass is 32.2. The number of aryl methyl sites for hydroxylation is 2. The van der Waals surface area contributed by atoms with Crippen LogP contribution in [0.5, 0.6) is 0 Å². The SMILES string of the molecule is Cc1noc(C)c1-c1ccc(S(=O)(=O)NCCN2CCNCC2)s1. The molecule has 0 unspecified atom stereocenters. The predicted molar refractivity (Wildman–Crippen MR) is 93.8 cm³/mol. The minimum absolute atomic E-state index is 0.317. The normalized spacial score (nSPS) is 16.6. The van der Waals surface area contributed by atoms with E-state index in [0.717, 1.165) is 48.9 Å². The maximum Gasteiger partial charge on any atom is 0.250 e. The topological polar surface area (TPSA) is 87.5 Å². The zero-order valence-electron chi connectivity index (χ0n) is 13.8. The first-order valence-electron chi connectivity index (χ1n) is 7.93. The van der Waals surface area contributed by atoms with E-state index in [-0.39, 0.29) is 0 Å². The number of hydrogen-bond donors (Lipinski definition) is 2. The average Bonchev–Trinajstić information content (AvgIpc) is 3.15. The van der Waals surface area contributed by atoms with Gasteiger partial charge in [0, 0.05) is 44.1 Å². The Kier molecular flexibility index (Phi) is 5.36. The molecule has 24 heavy (non-hydrogen) atoms. The van der Waals surface area contributed by atoms with Gasteiger partial charge in [-0.2, -0.15) is 0 Å². The first kappa shape index (κ1) is 17.6. The number of thiophene rings is 1. The van der Waals surface area contributed by atoms with Gasteiger partial charge in [0.05, 0.1) is 11.3 Å². The molecule has 2 N–H and O–H groups in total. The van der Waals surface area contributed by atoms with Crippen LogP contribution < -0.4 is 10.0 Å². The van der Waals surface area contributed by atoms with Crippen LogP contribution in [0.4, 0.5) is 0 Å². The van der Waals surface area contributed by atoms with Crippen molar-refractivity contribution < 1.29 is 12.9 Å². The Hall–Kier alpha value is -1.26. The van der Waals surface area contributed by atoms with Crippen LogP contribution in [-0.4, -0.2) is 57.7 Å². The van der Waals surface area contributed by atoms with Gasteiger partial charge in [-0.15, -0.1) is 11.3 Å². The lowest BCUT2D eigenvalue weighted by molar-refractivity contribution is 0.245. The van der Waals surface area contributed by atoms with Crippen molar-refractivity contribution in [1.29, 1.82) is 0 Å². The first-order valence-corrected chi connectivity index (χ1v) is 10.2. The molecule has 1 aliphatic rings. The predicted octanol–water partition coefficient (Wildman–Crippen LogP) is 1.20. The van der Waals surface area contributed by atoms with Crippen molar-refractivity contribution >= 4 is 21.4 Å². The van der Waals surface area contributed by atoms with Crippen molar-refractivity contribution in [3.8, 4) is 10.4 Å². The second kappa shape index (κ2) is 7.32. The van der Waals surface area contributed by atoms with Gasteiger partial charge >= 0.3 is 0 Å². The molecule has 0 bridgehead atoms. The van der Waals surface area contributed by atoms with Gasteiger partial charge in [0.15, 0.2) is 0 Å². The Morgan fingerprint density at radius 1 is 1.33 bits per heavy atom. The summed E-state index contributed by atoms with van der Waals surface area (Å²) in [6, 6.07) is 3.45. The number of hydrogen-bond acceptors (Lipinski definition) is 7. The number of rotatable bonds is 6. The third-order valence-electron chi connectivity index (χ3n) is 4.06. The number of aromatic nitrogens is 1. The molecular formula is C15H22N4O3S2. The molecule has 0 radical (unpaired) electrons. The minimum atomic E-state index is -3.48. The molecule has 7 nitrogen and oxygen atoms in total. The fourth-order valence-electron chi connectivity index (χ4n) is 2.78. The largest absolute Gasteiger partial charge is 0.361 e. The van der Waals surface area contributed by atoms with Crippen molar-refractivity contribution in [1.82, 2.24) is 20.1 Å². The number of sulfonamides is 1. The minimum Gasteiger partial charge on any atom is -0.361 e. The summed E-state index contributed by atoms with van der Waals surface area (Å²) in [5, 5.41) is 7.20. The molecule has 2 aromatic heterocycles. The fourth-order valence-corrected chi connectivity index (χ4v) is 5.29. The average molecular weight is 371 g/mol. The van der Waals surface area contributed by atoms with E-state index >= 15 is 0 Å². The molecule has 0 atom stereocenters. The maximum absolute atomic E-state index is 12.5. The summed E-state index contributed by atoms with van der Waals surface area (Å²) < 4.78 is 33.1. The number of nitrogens with one attached hydrogen (secondary N) is 2. The Bertz CT molecular complexity index is 772. The van der Waals surface area contributed by atoms with Gasteiger partial charge in [-0.25, -0.2) is 13.1 Å². The maximum atomic E-state index is 12.5. The van der Waals surface area contributed by atoms with E-state index in [0.29, 0.717) is 16.5 Å². The van der Waals surface area contributed by atoms with Crippen molar-refractivity contribution in [3.05, 3.63) is 23.6 Å². The highest BCUT2D eigenvalue weighted by Gasteiger charge is 2.20. The Morgan fingerprint density at radius 3 is 2.75 bits per heavy atom. The monoisotopic (exact) mass is 370 g/mol. The van der Waals surface area contributed by atoms with Crippen LogP contribution in [0.1, 0.15) is 11.5 Å². The molecule has 1 aliphatic heterocycles. The van der Waals surface area contributed by atoms with Gasteiger partial charge in [-0.3, -0.25) is 4.90 Å². The van der Waals surface area contributed by atoms with Gasteiger partial charge in [0.1, 0.15) is 9.97 Å². The van der Waals surface area contributed by atoms with E-state index in [1.165, 1.54) is 11.3 Å². The van der Waals surface area contributed by atoms with Crippen molar-refractivity contribution in [2.24, 2.45) is 0 Å². The fraction of sp³-hybridized carbons (Fsp3) is 0.533. The van der Waals surface area contributed by atoms with Crippen LogP contribution in [0.25, 0.3) is 10.4 Å². The molecule has 0 spiro atoms. The van der Waals surface area contributed by atoms with Crippen molar-refractivity contribution in [3.63, 3.8) is 0 Å². The summed E-state index contributed by atoms with van der Waals surface area (Å²) >= 11 is 1.24. The van der Waals surface area contributed by atoms with Gasteiger partial charge in [-0.05, 0) is 26.0 Å². The standard InChI is InChI=1S/C15H22N4O3S2/c1-11-15(12(2)22-18-11)13-3-4-14(23-13)24(20,21)17-7-10-19-8-5-16-6-9-19/h3-4,16-17H,5-10H2,1-2H3. The Labute approximate surface area is 146 Å². The van der Waals surface area contributed by atoms with E-state index in [2.05, 4.69) is 20.1 Å². The van der Waals surface area contributed by atoms with E-state index in [1.807, 2.05) is 19.9 Å². The third-order valence-corrected chi connectivity index (χ3v) is 7.11. The third kappa shape index (κ3) is 3.86. The molecule has 3 rings (SSSR count). The molecule has 0 aromatic carbocycles. The van der Waals surface area contributed by atoms with E-state index in [4.69, 9.17) is 4.52 Å². The van der Waals surface area contributed by atoms with Crippen LogP contribution >= 0.6 is 11.3 Å². The lowest BCUT2D eigenvalue weighted by Crippen LogP contribution is -2.46. The zero-order chi connectivity index (χ0) is 17.2. The number of piperazine rings is 1. The van der Waals surface area contributed by atoms with E-state index in [9.17, 15) is 8.42 Å². The van der Waals surface area contributed by atoms with Gasteiger partial charge in [-0.1, -0.05) is 5.16 Å². The Morgan fingerprint density at radius 2 is 2.08 bits per heavy atom. The summed E-state index contributed by atoms with van der Waals surface area (Å²) in [6.07, 6.45) is 0. The molecule has 1 fully saturated rings. The lowest BCUT2D eigenvalue weighted by atomic mass is 10.2. The second-order valence-corrected chi connectivity index (χ2v) is 8.88. The molecule has 0 aliphatic carbocycles. The molecule has 3 heterocycles. The van der Waals surface area contributed by atoms with Crippen LogP contribution in [-0.2, 0) is 10.0 Å². The van der Waals surface area contributed by atoms with Crippen LogP contribution in [0.2, 0.25) is 0 Å². The molecule has 1 saturated heterocycles. The highest BCUT2D eigenvalue weighted by molar-refractivity contribution is 7.91. The summed E-state index contributed by atoms with van der Waals surface area (Å²) in [5.41, 5.74) is 1.65. The molecule has 0 saturated carbocycles. The van der Waals surface area contributed by atoms with Crippen molar-refractivity contribution in [2.45, 2.75) is 18.1 Å². The zero-order valence-corrected chi connectivity index (χ0v) is 15.5. The Balaban J connectivity index is 1.65.